The van der Waals surface area contributed by atoms with Gasteiger partial charge < -0.3 is 14.8 Å². The first-order valence-electron chi connectivity index (χ1n) is 7.66. The van der Waals surface area contributed by atoms with E-state index in [1.54, 1.807) is 0 Å². The fourth-order valence-electron chi connectivity index (χ4n) is 2.84. The van der Waals surface area contributed by atoms with Crippen LogP contribution in [0, 0.1) is 0 Å². The molecule has 1 saturated heterocycles. The molecule has 0 bridgehead atoms. The summed E-state index contributed by atoms with van der Waals surface area (Å²) in [6.45, 7) is 5.12. The molecule has 1 fully saturated rings. The van der Waals surface area contributed by atoms with Crippen molar-refractivity contribution in [1.29, 1.82) is 0 Å². The molecule has 1 aromatic heterocycles. The molecule has 21 heavy (non-hydrogen) atoms. The molecule has 0 saturated carbocycles. The first-order valence-corrected chi connectivity index (χ1v) is 7.66. The van der Waals surface area contributed by atoms with Gasteiger partial charge in [0.25, 0.3) is 0 Å². The number of benzene rings is 1. The van der Waals surface area contributed by atoms with Gasteiger partial charge in [-0.1, -0.05) is 25.1 Å². The Kier molecular flexibility index (Phi) is 4.80. The van der Waals surface area contributed by atoms with Crippen molar-refractivity contribution in [2.24, 2.45) is 0 Å². The Balaban J connectivity index is 1.96. The van der Waals surface area contributed by atoms with Gasteiger partial charge in [-0.25, -0.2) is 0 Å². The third kappa shape index (κ3) is 3.23. The number of nitrogens with one attached hydrogen (secondary N) is 1. The maximum absolute atomic E-state index is 5.93. The second kappa shape index (κ2) is 6.98. The maximum Gasteiger partial charge on any atom is 0.100 e. The van der Waals surface area contributed by atoms with E-state index >= 15 is 0 Å². The lowest BCUT2D eigenvalue weighted by Gasteiger charge is -2.32. The predicted molar refractivity (Wildman–Crippen MR) is 83.3 cm³/mol. The van der Waals surface area contributed by atoms with Gasteiger partial charge in [0.1, 0.15) is 6.10 Å². The van der Waals surface area contributed by atoms with E-state index in [2.05, 4.69) is 35.4 Å². The zero-order valence-electron chi connectivity index (χ0n) is 12.4. The van der Waals surface area contributed by atoms with Crippen LogP contribution in [-0.4, -0.2) is 37.5 Å². The maximum atomic E-state index is 5.93. The van der Waals surface area contributed by atoms with E-state index in [4.69, 9.17) is 9.47 Å². The minimum Gasteiger partial charge on any atom is -0.376 e. The lowest BCUT2D eigenvalue weighted by Crippen LogP contribution is -2.41. The van der Waals surface area contributed by atoms with E-state index < -0.39 is 0 Å². The van der Waals surface area contributed by atoms with Crippen LogP contribution in [0.2, 0.25) is 0 Å². The summed E-state index contributed by atoms with van der Waals surface area (Å²) in [7, 11) is 0. The van der Waals surface area contributed by atoms with E-state index in [0.717, 1.165) is 18.5 Å². The number of aromatic nitrogens is 1. The second-order valence-electron chi connectivity index (χ2n) is 5.33. The lowest BCUT2D eigenvalue weighted by molar-refractivity contribution is -0.102. The highest BCUT2D eigenvalue weighted by atomic mass is 16.6. The minimum absolute atomic E-state index is 0.0520. The van der Waals surface area contributed by atoms with Crippen LogP contribution in [0.5, 0.6) is 0 Å². The van der Waals surface area contributed by atoms with Crippen molar-refractivity contribution >= 4 is 10.9 Å². The number of ether oxygens (including phenoxy) is 2. The molecular formula is C17H22N2O2. The normalized spacial score (nSPS) is 20.5. The van der Waals surface area contributed by atoms with Crippen molar-refractivity contribution in [3.05, 3.63) is 42.1 Å². The number of rotatable bonds is 5. The number of hydrogen-bond donors (Lipinski definition) is 1. The Labute approximate surface area is 125 Å². The number of hydrogen-bond acceptors (Lipinski definition) is 4. The monoisotopic (exact) mass is 286 g/mol. The molecular weight excluding hydrogens is 264 g/mol. The SMILES string of the molecule is CCCNC(c1cccc2ncccc12)C1COCCO1. The molecule has 0 spiro atoms. The smallest absolute Gasteiger partial charge is 0.100 e. The molecule has 4 nitrogen and oxygen atoms in total. The van der Waals surface area contributed by atoms with Gasteiger partial charge in [-0.3, -0.25) is 4.98 Å². The minimum atomic E-state index is 0.0520. The summed E-state index contributed by atoms with van der Waals surface area (Å²) in [5.41, 5.74) is 2.26. The van der Waals surface area contributed by atoms with Crippen LogP contribution in [0.25, 0.3) is 10.9 Å². The van der Waals surface area contributed by atoms with Gasteiger partial charge in [-0.15, -0.1) is 0 Å². The molecule has 112 valence electrons. The molecule has 2 aromatic rings. The van der Waals surface area contributed by atoms with Gasteiger partial charge >= 0.3 is 0 Å². The van der Waals surface area contributed by atoms with Crippen LogP contribution in [0.15, 0.2) is 36.5 Å². The number of fused-ring (bicyclic) bond motifs is 1. The molecule has 4 heteroatoms. The molecule has 2 heterocycles. The highest BCUT2D eigenvalue weighted by molar-refractivity contribution is 5.82. The van der Waals surface area contributed by atoms with Crippen molar-refractivity contribution in [1.82, 2.24) is 10.3 Å². The predicted octanol–water partition coefficient (Wildman–Crippen LogP) is 2.69. The zero-order valence-corrected chi connectivity index (χ0v) is 12.4. The Hall–Kier alpha value is -1.49. The van der Waals surface area contributed by atoms with E-state index in [9.17, 15) is 0 Å². The van der Waals surface area contributed by atoms with Crippen LogP contribution in [-0.2, 0) is 9.47 Å². The highest BCUT2D eigenvalue weighted by Crippen LogP contribution is 2.27. The molecule has 1 aliphatic heterocycles. The Bertz CT molecular complexity index is 577. The van der Waals surface area contributed by atoms with Crippen molar-refractivity contribution < 1.29 is 9.47 Å². The summed E-state index contributed by atoms with van der Waals surface area (Å²) in [6.07, 6.45) is 2.98. The average molecular weight is 286 g/mol. The Morgan fingerprint density at radius 1 is 1.29 bits per heavy atom. The van der Waals surface area contributed by atoms with Crippen LogP contribution in [0.4, 0.5) is 0 Å². The Morgan fingerprint density at radius 3 is 3.05 bits per heavy atom. The first kappa shape index (κ1) is 14.4. The molecule has 0 aliphatic carbocycles. The third-order valence-corrected chi connectivity index (χ3v) is 3.84. The van der Waals surface area contributed by atoms with Crippen molar-refractivity contribution in [2.45, 2.75) is 25.5 Å². The van der Waals surface area contributed by atoms with E-state index in [1.807, 2.05) is 18.3 Å². The van der Waals surface area contributed by atoms with E-state index in [0.29, 0.717) is 19.8 Å². The molecule has 0 radical (unpaired) electrons. The van der Waals surface area contributed by atoms with Gasteiger partial charge in [-0.2, -0.15) is 0 Å². The van der Waals surface area contributed by atoms with Crippen LogP contribution in [0.1, 0.15) is 24.9 Å². The van der Waals surface area contributed by atoms with Crippen molar-refractivity contribution in [3.8, 4) is 0 Å². The fourth-order valence-corrected chi connectivity index (χ4v) is 2.84. The summed E-state index contributed by atoms with van der Waals surface area (Å²) in [5, 5.41) is 4.80. The number of pyridine rings is 1. The highest BCUT2D eigenvalue weighted by Gasteiger charge is 2.27. The molecule has 3 rings (SSSR count). The molecule has 1 aliphatic rings. The van der Waals surface area contributed by atoms with Crippen LogP contribution in [0.3, 0.4) is 0 Å². The second-order valence-corrected chi connectivity index (χ2v) is 5.33. The quantitative estimate of drug-likeness (QED) is 0.918. The van der Waals surface area contributed by atoms with Crippen LogP contribution >= 0.6 is 0 Å². The van der Waals surface area contributed by atoms with Gasteiger partial charge in [0.2, 0.25) is 0 Å². The molecule has 0 amide bonds. The standard InChI is InChI=1S/C17H22N2O2/c1-2-8-19-17(16-12-20-10-11-21-16)14-5-3-7-15-13(14)6-4-9-18-15/h3-7,9,16-17,19H,2,8,10-12H2,1H3. The molecule has 1 aromatic carbocycles. The van der Waals surface area contributed by atoms with Gasteiger partial charge in [-0.05, 0) is 30.7 Å². The zero-order chi connectivity index (χ0) is 14.5. The van der Waals surface area contributed by atoms with Crippen LogP contribution < -0.4 is 5.32 Å². The van der Waals surface area contributed by atoms with Gasteiger partial charge in [0.05, 0.1) is 31.4 Å². The van der Waals surface area contributed by atoms with Crippen molar-refractivity contribution in [3.63, 3.8) is 0 Å². The number of nitrogens with zero attached hydrogens (tertiary/aromatic N) is 1. The van der Waals surface area contributed by atoms with Gasteiger partial charge in [0, 0.05) is 11.6 Å². The summed E-state index contributed by atoms with van der Waals surface area (Å²) in [5.74, 6) is 0. The fraction of sp³-hybridized carbons (Fsp3) is 0.471. The summed E-state index contributed by atoms with van der Waals surface area (Å²) >= 11 is 0. The summed E-state index contributed by atoms with van der Waals surface area (Å²) in [4.78, 5) is 4.45. The topological polar surface area (TPSA) is 43.4 Å². The largest absolute Gasteiger partial charge is 0.376 e. The van der Waals surface area contributed by atoms with Gasteiger partial charge in [0.15, 0.2) is 0 Å². The molecule has 2 unspecified atom stereocenters. The summed E-state index contributed by atoms with van der Waals surface area (Å²) in [6, 6.07) is 10.5. The lowest BCUT2D eigenvalue weighted by atomic mass is 9.96. The van der Waals surface area contributed by atoms with Crippen molar-refractivity contribution in [2.75, 3.05) is 26.4 Å². The Morgan fingerprint density at radius 2 is 2.24 bits per heavy atom. The van der Waals surface area contributed by atoms with E-state index in [1.165, 1.54) is 10.9 Å². The molecule has 1 N–H and O–H groups in total. The third-order valence-electron chi connectivity index (χ3n) is 3.84. The first-order chi connectivity index (χ1) is 10.4. The summed E-state index contributed by atoms with van der Waals surface area (Å²) < 4.78 is 11.5. The molecule has 2 atom stereocenters. The average Bonchev–Trinajstić information content (AvgIpc) is 2.56. The van der Waals surface area contributed by atoms with E-state index in [-0.39, 0.29) is 12.1 Å².